The molecule has 1 saturated heterocycles. The second kappa shape index (κ2) is 3.74. The minimum atomic E-state index is 0.0778. The zero-order valence-electron chi connectivity index (χ0n) is 7.92. The quantitative estimate of drug-likeness (QED) is 0.545. The van der Waals surface area contributed by atoms with Crippen LogP contribution in [-0.4, -0.2) is 23.4 Å². The lowest BCUT2D eigenvalue weighted by atomic mass is 9.95. The molecule has 1 amide bonds. The van der Waals surface area contributed by atoms with Gasteiger partial charge in [-0.1, -0.05) is 13.5 Å². The molecule has 68 valence electrons. The van der Waals surface area contributed by atoms with Crippen LogP contribution >= 0.6 is 0 Å². The Morgan fingerprint density at radius 1 is 1.50 bits per heavy atom. The molecule has 0 N–H and O–H groups in total. The predicted octanol–water partition coefficient (Wildman–Crippen LogP) is 1.82. The molecule has 0 aromatic heterocycles. The fourth-order valence-electron chi connectivity index (χ4n) is 1.71. The summed E-state index contributed by atoms with van der Waals surface area (Å²) >= 11 is 0. The summed E-state index contributed by atoms with van der Waals surface area (Å²) in [4.78, 5) is 13.2. The van der Waals surface area contributed by atoms with Gasteiger partial charge in [-0.15, -0.1) is 0 Å². The minimum absolute atomic E-state index is 0.0778. The third-order valence-corrected chi connectivity index (χ3v) is 2.58. The fourth-order valence-corrected chi connectivity index (χ4v) is 1.71. The second-order valence-electron chi connectivity index (χ2n) is 3.73. The molecule has 0 bridgehead atoms. The molecule has 1 rings (SSSR count). The van der Waals surface area contributed by atoms with E-state index in [4.69, 9.17) is 0 Å². The van der Waals surface area contributed by atoms with E-state index in [0.717, 1.165) is 13.0 Å². The monoisotopic (exact) mass is 167 g/mol. The van der Waals surface area contributed by atoms with Crippen LogP contribution in [0, 0.1) is 5.92 Å². The summed E-state index contributed by atoms with van der Waals surface area (Å²) < 4.78 is 0. The molecule has 0 aliphatic carbocycles. The first-order chi connectivity index (χ1) is 5.65. The molecule has 0 spiro atoms. The van der Waals surface area contributed by atoms with Crippen LogP contribution < -0.4 is 0 Å². The van der Waals surface area contributed by atoms with E-state index < -0.39 is 0 Å². The first kappa shape index (κ1) is 9.30. The van der Waals surface area contributed by atoms with E-state index in [2.05, 4.69) is 20.4 Å². The van der Waals surface area contributed by atoms with Gasteiger partial charge in [0.2, 0.25) is 5.91 Å². The van der Waals surface area contributed by atoms with Crippen LogP contribution in [0.3, 0.4) is 0 Å². The Bertz CT molecular complexity index is 188. The Kier molecular flexibility index (Phi) is 2.90. The Labute approximate surface area is 74.2 Å². The SMILES string of the molecule is C=CC(=O)N1C[C@H](C)CCC1C. The highest BCUT2D eigenvalue weighted by Gasteiger charge is 2.24. The summed E-state index contributed by atoms with van der Waals surface area (Å²) in [6, 6.07) is 0.395. The van der Waals surface area contributed by atoms with Gasteiger partial charge in [-0.3, -0.25) is 4.79 Å². The molecule has 2 atom stereocenters. The summed E-state index contributed by atoms with van der Waals surface area (Å²) in [5.74, 6) is 0.721. The van der Waals surface area contributed by atoms with Crippen molar-refractivity contribution >= 4 is 5.91 Å². The van der Waals surface area contributed by atoms with Crippen molar-refractivity contribution in [1.29, 1.82) is 0 Å². The number of hydrogen-bond donors (Lipinski definition) is 0. The van der Waals surface area contributed by atoms with Crippen LogP contribution in [0.25, 0.3) is 0 Å². The molecule has 1 unspecified atom stereocenters. The van der Waals surface area contributed by atoms with Gasteiger partial charge in [0.05, 0.1) is 0 Å². The maximum absolute atomic E-state index is 11.3. The highest BCUT2D eigenvalue weighted by atomic mass is 16.2. The number of hydrogen-bond acceptors (Lipinski definition) is 1. The van der Waals surface area contributed by atoms with Crippen LogP contribution in [-0.2, 0) is 4.79 Å². The average molecular weight is 167 g/mol. The van der Waals surface area contributed by atoms with Gasteiger partial charge < -0.3 is 4.90 Å². The molecule has 2 heteroatoms. The lowest BCUT2D eigenvalue weighted by molar-refractivity contribution is -0.130. The minimum Gasteiger partial charge on any atom is -0.336 e. The van der Waals surface area contributed by atoms with E-state index in [1.165, 1.54) is 12.5 Å². The van der Waals surface area contributed by atoms with Crippen molar-refractivity contribution in [1.82, 2.24) is 4.90 Å². The molecule has 1 aliphatic rings. The Morgan fingerprint density at radius 3 is 2.75 bits per heavy atom. The van der Waals surface area contributed by atoms with Crippen molar-refractivity contribution in [2.75, 3.05) is 6.54 Å². The largest absolute Gasteiger partial charge is 0.336 e. The summed E-state index contributed by atoms with van der Waals surface area (Å²) in [6.45, 7) is 8.69. The van der Waals surface area contributed by atoms with Gasteiger partial charge in [-0.25, -0.2) is 0 Å². The summed E-state index contributed by atoms with van der Waals surface area (Å²) in [5, 5.41) is 0. The molecule has 12 heavy (non-hydrogen) atoms. The van der Waals surface area contributed by atoms with Crippen LogP contribution in [0.15, 0.2) is 12.7 Å². The highest BCUT2D eigenvalue weighted by Crippen LogP contribution is 2.21. The van der Waals surface area contributed by atoms with Crippen molar-refractivity contribution < 1.29 is 4.79 Å². The molecule has 0 radical (unpaired) electrons. The van der Waals surface area contributed by atoms with Gasteiger partial charge in [0.25, 0.3) is 0 Å². The third kappa shape index (κ3) is 1.87. The smallest absolute Gasteiger partial charge is 0.246 e. The Balaban J connectivity index is 2.60. The lowest BCUT2D eigenvalue weighted by Crippen LogP contribution is -2.44. The number of rotatable bonds is 1. The molecule has 1 fully saturated rings. The van der Waals surface area contributed by atoms with E-state index >= 15 is 0 Å². The van der Waals surface area contributed by atoms with Crippen molar-refractivity contribution in [3.05, 3.63) is 12.7 Å². The summed E-state index contributed by atoms with van der Waals surface area (Å²) in [6.07, 6.45) is 3.78. The number of amides is 1. The van der Waals surface area contributed by atoms with Crippen molar-refractivity contribution in [3.8, 4) is 0 Å². The van der Waals surface area contributed by atoms with Gasteiger partial charge in [0.1, 0.15) is 0 Å². The number of carbonyl (C=O) groups excluding carboxylic acids is 1. The highest BCUT2D eigenvalue weighted by molar-refractivity contribution is 5.87. The fraction of sp³-hybridized carbons (Fsp3) is 0.700. The van der Waals surface area contributed by atoms with Gasteiger partial charge in [-0.05, 0) is 31.8 Å². The standard InChI is InChI=1S/C10H17NO/c1-4-10(12)11-7-8(2)5-6-9(11)3/h4,8-9H,1,5-7H2,2-3H3/t8-,9?/m1/s1. The maximum Gasteiger partial charge on any atom is 0.246 e. The van der Waals surface area contributed by atoms with Crippen LogP contribution in [0.4, 0.5) is 0 Å². The normalized spacial score (nSPS) is 30.0. The van der Waals surface area contributed by atoms with E-state index in [9.17, 15) is 4.79 Å². The predicted molar refractivity (Wildman–Crippen MR) is 49.8 cm³/mol. The summed E-state index contributed by atoms with van der Waals surface area (Å²) in [5.41, 5.74) is 0. The Hall–Kier alpha value is -0.790. The molecular weight excluding hydrogens is 150 g/mol. The number of likely N-dealkylation sites (tertiary alicyclic amines) is 1. The lowest BCUT2D eigenvalue weighted by Gasteiger charge is -2.36. The molecule has 1 aliphatic heterocycles. The van der Waals surface area contributed by atoms with E-state index in [1.807, 2.05) is 4.90 Å². The van der Waals surface area contributed by atoms with Crippen LogP contribution in [0.5, 0.6) is 0 Å². The van der Waals surface area contributed by atoms with E-state index in [1.54, 1.807) is 0 Å². The third-order valence-electron chi connectivity index (χ3n) is 2.58. The van der Waals surface area contributed by atoms with E-state index in [-0.39, 0.29) is 5.91 Å². The van der Waals surface area contributed by atoms with Gasteiger partial charge in [0.15, 0.2) is 0 Å². The zero-order valence-corrected chi connectivity index (χ0v) is 7.92. The zero-order chi connectivity index (χ0) is 9.14. The molecule has 0 aromatic rings. The van der Waals surface area contributed by atoms with Crippen molar-refractivity contribution in [3.63, 3.8) is 0 Å². The van der Waals surface area contributed by atoms with Crippen LogP contribution in [0.2, 0.25) is 0 Å². The molecule has 0 saturated carbocycles. The maximum atomic E-state index is 11.3. The topological polar surface area (TPSA) is 20.3 Å². The molecule has 2 nitrogen and oxygen atoms in total. The number of piperidine rings is 1. The second-order valence-corrected chi connectivity index (χ2v) is 3.73. The first-order valence-corrected chi connectivity index (χ1v) is 4.58. The summed E-state index contributed by atoms with van der Waals surface area (Å²) in [7, 11) is 0. The molecule has 1 heterocycles. The van der Waals surface area contributed by atoms with Crippen molar-refractivity contribution in [2.45, 2.75) is 32.7 Å². The van der Waals surface area contributed by atoms with Crippen LogP contribution in [0.1, 0.15) is 26.7 Å². The Morgan fingerprint density at radius 2 is 2.17 bits per heavy atom. The first-order valence-electron chi connectivity index (χ1n) is 4.58. The number of carbonyl (C=O) groups is 1. The number of nitrogens with zero attached hydrogens (tertiary/aromatic N) is 1. The molecule has 0 aromatic carbocycles. The van der Waals surface area contributed by atoms with Gasteiger partial charge in [0, 0.05) is 12.6 Å². The van der Waals surface area contributed by atoms with Gasteiger partial charge in [-0.2, -0.15) is 0 Å². The van der Waals surface area contributed by atoms with E-state index in [0.29, 0.717) is 12.0 Å². The average Bonchev–Trinajstić information content (AvgIpc) is 2.08. The van der Waals surface area contributed by atoms with Crippen molar-refractivity contribution in [2.24, 2.45) is 5.92 Å². The van der Waals surface area contributed by atoms with Gasteiger partial charge >= 0.3 is 0 Å². The molecular formula is C10H17NO.